The number of carbonyl (C=O) groups excluding carboxylic acids is 1. The summed E-state index contributed by atoms with van der Waals surface area (Å²) in [6, 6.07) is 5.10. The first kappa shape index (κ1) is 21.0. The number of rotatable bonds is 7. The molecule has 3 aromatic rings. The fraction of sp³-hybridized carbons (Fsp3) is 0.350. The highest BCUT2D eigenvalue weighted by atomic mass is 16.5. The summed E-state index contributed by atoms with van der Waals surface area (Å²) in [5.74, 6) is 1.16. The van der Waals surface area contributed by atoms with E-state index in [0.29, 0.717) is 28.3 Å². The predicted octanol–water partition coefficient (Wildman–Crippen LogP) is 0.381. The van der Waals surface area contributed by atoms with E-state index in [1.165, 1.54) is 32.9 Å². The van der Waals surface area contributed by atoms with Crippen molar-refractivity contribution < 1.29 is 19.0 Å². The first-order valence-electron chi connectivity index (χ1n) is 9.12. The van der Waals surface area contributed by atoms with Crippen molar-refractivity contribution in [2.24, 2.45) is 14.1 Å². The zero-order valence-electron chi connectivity index (χ0n) is 17.5. The molecule has 3 rings (SSSR count). The van der Waals surface area contributed by atoms with Gasteiger partial charge in [0.1, 0.15) is 12.2 Å². The fourth-order valence-corrected chi connectivity index (χ4v) is 3.36. The van der Waals surface area contributed by atoms with Crippen molar-refractivity contribution in [3.63, 3.8) is 0 Å². The van der Waals surface area contributed by atoms with Gasteiger partial charge in [0.15, 0.2) is 11.5 Å². The van der Waals surface area contributed by atoms with Crippen molar-refractivity contribution in [1.82, 2.24) is 19.0 Å². The second-order valence-electron chi connectivity index (χ2n) is 6.70. The Bertz CT molecular complexity index is 1200. The number of hydrogen-bond acceptors (Lipinski definition) is 6. The summed E-state index contributed by atoms with van der Waals surface area (Å²) in [6.07, 6.45) is 1.62. The van der Waals surface area contributed by atoms with Gasteiger partial charge in [-0.1, -0.05) is 0 Å². The molecule has 0 saturated heterocycles. The number of hydrogen-bond donors (Lipinski definition) is 1. The molecule has 0 aliphatic rings. The Balaban J connectivity index is 1.81. The molecule has 1 aromatic carbocycles. The topological polar surface area (TPSA) is 106 Å². The maximum Gasteiger partial charge on any atom is 0.332 e. The van der Waals surface area contributed by atoms with Gasteiger partial charge in [-0.25, -0.2) is 4.79 Å². The molecule has 160 valence electrons. The van der Waals surface area contributed by atoms with Crippen LogP contribution in [0, 0.1) is 0 Å². The van der Waals surface area contributed by atoms with Gasteiger partial charge >= 0.3 is 5.69 Å². The smallest absolute Gasteiger partial charge is 0.332 e. The lowest BCUT2D eigenvalue weighted by atomic mass is 10.1. The standard InChI is InChI=1S/C20H24N4O6/c1-22-18-13(19(26)23(2)20(22)27)6-7-24(18)11-16(25)21-10-12-8-14(28-3)17(30-5)15(9-12)29-4/h6-9H,10-11H2,1-5H3,(H,21,25). The van der Waals surface area contributed by atoms with E-state index in [2.05, 4.69) is 5.32 Å². The van der Waals surface area contributed by atoms with E-state index in [1.54, 1.807) is 36.0 Å². The highest BCUT2D eigenvalue weighted by Gasteiger charge is 2.16. The second-order valence-corrected chi connectivity index (χ2v) is 6.70. The first-order chi connectivity index (χ1) is 14.3. The maximum absolute atomic E-state index is 12.5. The van der Waals surface area contributed by atoms with Crippen LogP contribution in [0.3, 0.4) is 0 Å². The fourth-order valence-electron chi connectivity index (χ4n) is 3.36. The molecule has 30 heavy (non-hydrogen) atoms. The molecule has 10 nitrogen and oxygen atoms in total. The van der Waals surface area contributed by atoms with Crippen molar-refractivity contribution in [2.45, 2.75) is 13.1 Å². The Labute approximate surface area is 172 Å². The average molecular weight is 416 g/mol. The van der Waals surface area contributed by atoms with E-state index < -0.39 is 11.2 Å². The van der Waals surface area contributed by atoms with Crippen molar-refractivity contribution in [2.75, 3.05) is 21.3 Å². The largest absolute Gasteiger partial charge is 0.493 e. The lowest BCUT2D eigenvalue weighted by Gasteiger charge is -2.15. The molecule has 0 fully saturated rings. The number of aryl methyl sites for hydroxylation is 1. The minimum atomic E-state index is -0.453. The maximum atomic E-state index is 12.5. The van der Waals surface area contributed by atoms with Crippen LogP contribution in [0.4, 0.5) is 0 Å². The summed E-state index contributed by atoms with van der Waals surface area (Å²) >= 11 is 0. The Kier molecular flexibility index (Phi) is 5.86. The molecule has 2 aromatic heterocycles. The van der Waals surface area contributed by atoms with Gasteiger partial charge in [-0.3, -0.25) is 18.7 Å². The van der Waals surface area contributed by atoms with Gasteiger partial charge in [0.2, 0.25) is 11.7 Å². The molecule has 0 saturated carbocycles. The molecule has 0 radical (unpaired) electrons. The van der Waals surface area contributed by atoms with Crippen molar-refractivity contribution in [1.29, 1.82) is 0 Å². The van der Waals surface area contributed by atoms with Gasteiger partial charge in [0, 0.05) is 26.8 Å². The van der Waals surface area contributed by atoms with Crippen LogP contribution in [0.2, 0.25) is 0 Å². The molecular weight excluding hydrogens is 392 g/mol. The molecule has 2 heterocycles. The summed E-state index contributed by atoms with van der Waals surface area (Å²) in [5.41, 5.74) is 0.303. The van der Waals surface area contributed by atoms with E-state index >= 15 is 0 Å². The Hall–Kier alpha value is -3.69. The lowest BCUT2D eigenvalue weighted by molar-refractivity contribution is -0.121. The molecule has 0 atom stereocenters. The number of nitrogens with zero attached hydrogens (tertiary/aromatic N) is 3. The van der Waals surface area contributed by atoms with Crippen LogP contribution in [0.1, 0.15) is 5.56 Å². The van der Waals surface area contributed by atoms with Gasteiger partial charge in [0.25, 0.3) is 5.56 Å². The van der Waals surface area contributed by atoms with E-state index in [4.69, 9.17) is 14.2 Å². The van der Waals surface area contributed by atoms with Crippen LogP contribution in [0.5, 0.6) is 17.2 Å². The van der Waals surface area contributed by atoms with Crippen molar-refractivity contribution >= 4 is 16.9 Å². The number of amides is 1. The summed E-state index contributed by atoms with van der Waals surface area (Å²) in [6.45, 7) is 0.184. The minimum Gasteiger partial charge on any atom is -0.493 e. The van der Waals surface area contributed by atoms with Gasteiger partial charge < -0.3 is 24.1 Å². The highest BCUT2D eigenvalue weighted by Crippen LogP contribution is 2.38. The number of methoxy groups -OCH3 is 3. The van der Waals surface area contributed by atoms with Crippen LogP contribution >= 0.6 is 0 Å². The van der Waals surface area contributed by atoms with Crippen LogP contribution in [-0.4, -0.2) is 40.9 Å². The Morgan fingerprint density at radius 1 is 1.00 bits per heavy atom. The summed E-state index contributed by atoms with van der Waals surface area (Å²) in [5, 5.41) is 3.19. The quantitative estimate of drug-likeness (QED) is 0.597. The Morgan fingerprint density at radius 3 is 2.20 bits per heavy atom. The molecule has 0 aliphatic carbocycles. The average Bonchev–Trinajstić information content (AvgIpc) is 3.17. The monoisotopic (exact) mass is 416 g/mol. The molecule has 0 aliphatic heterocycles. The van der Waals surface area contributed by atoms with Gasteiger partial charge in [-0.15, -0.1) is 0 Å². The second kappa shape index (κ2) is 8.36. The number of aromatic nitrogens is 3. The first-order valence-corrected chi connectivity index (χ1v) is 9.12. The van der Waals surface area contributed by atoms with Gasteiger partial charge in [-0.05, 0) is 23.8 Å². The van der Waals surface area contributed by atoms with Crippen molar-refractivity contribution in [3.8, 4) is 17.2 Å². The molecule has 0 spiro atoms. The molecule has 10 heteroatoms. The van der Waals surface area contributed by atoms with E-state index in [-0.39, 0.29) is 19.0 Å². The normalized spacial score (nSPS) is 10.8. The van der Waals surface area contributed by atoms with Crippen LogP contribution < -0.4 is 30.8 Å². The zero-order chi connectivity index (χ0) is 22.0. The SMILES string of the molecule is COc1cc(CNC(=O)Cn2ccc3c(=O)n(C)c(=O)n(C)c32)cc(OC)c1OC. The summed E-state index contributed by atoms with van der Waals surface area (Å²) in [7, 11) is 7.54. The number of carbonyl (C=O) groups is 1. The molecule has 1 amide bonds. The van der Waals surface area contributed by atoms with Crippen LogP contribution in [0.25, 0.3) is 11.0 Å². The lowest BCUT2D eigenvalue weighted by Crippen LogP contribution is -2.37. The highest BCUT2D eigenvalue weighted by molar-refractivity contribution is 5.80. The van der Waals surface area contributed by atoms with E-state index in [1.807, 2.05) is 0 Å². The third-order valence-electron chi connectivity index (χ3n) is 4.89. The molecule has 0 bridgehead atoms. The van der Waals surface area contributed by atoms with E-state index in [0.717, 1.165) is 10.1 Å². The molecule has 0 unspecified atom stereocenters. The molecular formula is C20H24N4O6. The number of ether oxygens (including phenoxy) is 3. The Morgan fingerprint density at radius 2 is 1.63 bits per heavy atom. The van der Waals surface area contributed by atoms with Gasteiger partial charge in [0.05, 0.1) is 26.7 Å². The van der Waals surface area contributed by atoms with Crippen molar-refractivity contribution in [3.05, 3.63) is 50.8 Å². The number of nitrogens with one attached hydrogen (secondary N) is 1. The van der Waals surface area contributed by atoms with E-state index in [9.17, 15) is 14.4 Å². The third kappa shape index (κ3) is 3.63. The zero-order valence-corrected chi connectivity index (χ0v) is 17.5. The van der Waals surface area contributed by atoms with Crippen LogP contribution in [-0.2, 0) is 32.0 Å². The number of fused-ring (bicyclic) bond motifs is 1. The van der Waals surface area contributed by atoms with Crippen LogP contribution in [0.15, 0.2) is 34.0 Å². The third-order valence-corrected chi connectivity index (χ3v) is 4.89. The number of benzene rings is 1. The minimum absolute atomic E-state index is 0.0472. The summed E-state index contributed by atoms with van der Waals surface area (Å²) in [4.78, 5) is 37.0. The molecule has 1 N–H and O–H groups in total. The predicted molar refractivity (Wildman–Crippen MR) is 110 cm³/mol. The summed E-state index contributed by atoms with van der Waals surface area (Å²) < 4.78 is 19.9. The van der Waals surface area contributed by atoms with Gasteiger partial charge in [-0.2, -0.15) is 0 Å².